The molecule has 1 aromatic rings. The molecule has 0 bridgehead atoms. The summed E-state index contributed by atoms with van der Waals surface area (Å²) in [5.74, 6) is -0.0899. The van der Waals surface area contributed by atoms with E-state index in [0.29, 0.717) is 12.0 Å². The minimum atomic E-state index is -4.43. The van der Waals surface area contributed by atoms with Gasteiger partial charge in [-0.05, 0) is 37.0 Å². The highest BCUT2D eigenvalue weighted by molar-refractivity contribution is 6.06. The Labute approximate surface area is 144 Å². The maximum Gasteiger partial charge on any atom is 0.422 e. The smallest absolute Gasteiger partial charge is 0.422 e. The van der Waals surface area contributed by atoms with Crippen LogP contribution in [0.25, 0.3) is 0 Å². The number of urea groups is 1. The molecule has 0 radical (unpaired) electrons. The van der Waals surface area contributed by atoms with Crippen LogP contribution in [0, 0.1) is 5.92 Å². The lowest BCUT2D eigenvalue weighted by molar-refractivity contribution is -0.153. The summed E-state index contributed by atoms with van der Waals surface area (Å²) in [6.07, 6.45) is -3.93. The van der Waals surface area contributed by atoms with E-state index in [-0.39, 0.29) is 24.1 Å². The largest absolute Gasteiger partial charge is 0.484 e. The van der Waals surface area contributed by atoms with Gasteiger partial charge in [0.2, 0.25) is 0 Å². The fraction of sp³-hybridized carbons (Fsp3) is 0.529. The van der Waals surface area contributed by atoms with E-state index in [1.807, 2.05) is 13.8 Å². The van der Waals surface area contributed by atoms with Crippen molar-refractivity contribution in [1.82, 2.24) is 10.2 Å². The lowest BCUT2D eigenvalue weighted by atomic mass is 9.91. The van der Waals surface area contributed by atoms with Crippen LogP contribution >= 0.6 is 0 Å². The first kappa shape index (κ1) is 19.1. The van der Waals surface area contributed by atoms with Gasteiger partial charge in [-0.2, -0.15) is 13.2 Å². The molecule has 8 heteroatoms. The number of carbonyl (C=O) groups excluding carboxylic acids is 2. The Bertz CT molecular complexity index is 661. The number of nitrogens with one attached hydrogen (secondary N) is 1. The van der Waals surface area contributed by atoms with Crippen LogP contribution in [0.1, 0.15) is 32.8 Å². The zero-order chi connectivity index (χ0) is 18.8. The summed E-state index contributed by atoms with van der Waals surface area (Å²) in [5, 5.41) is 2.70. The molecular weight excluding hydrogens is 337 g/mol. The van der Waals surface area contributed by atoms with Crippen LogP contribution in [0.5, 0.6) is 5.75 Å². The van der Waals surface area contributed by atoms with Crippen molar-refractivity contribution in [2.75, 3.05) is 6.61 Å². The highest BCUT2D eigenvalue weighted by Gasteiger charge is 2.47. The predicted molar refractivity (Wildman–Crippen MR) is 84.9 cm³/mol. The number of nitrogens with zero attached hydrogens (tertiary/aromatic N) is 1. The van der Waals surface area contributed by atoms with Gasteiger partial charge in [-0.3, -0.25) is 9.69 Å². The first-order chi connectivity index (χ1) is 11.5. The summed E-state index contributed by atoms with van der Waals surface area (Å²) in [5.41, 5.74) is -0.452. The number of amides is 3. The van der Waals surface area contributed by atoms with E-state index in [1.165, 1.54) is 18.2 Å². The van der Waals surface area contributed by atoms with E-state index in [0.717, 1.165) is 4.90 Å². The van der Waals surface area contributed by atoms with Crippen LogP contribution in [0.15, 0.2) is 24.3 Å². The Morgan fingerprint density at radius 3 is 2.56 bits per heavy atom. The number of alkyl halides is 3. The average Bonchev–Trinajstić information content (AvgIpc) is 2.67. The number of imide groups is 1. The maximum atomic E-state index is 12.6. The van der Waals surface area contributed by atoms with Crippen LogP contribution in [0.4, 0.5) is 18.0 Å². The Kier molecular flexibility index (Phi) is 5.29. The predicted octanol–water partition coefficient (Wildman–Crippen LogP) is 3.48. The molecule has 138 valence electrons. The van der Waals surface area contributed by atoms with Gasteiger partial charge in [0, 0.05) is 0 Å². The highest BCUT2D eigenvalue weighted by Crippen LogP contribution is 2.27. The minimum Gasteiger partial charge on any atom is -0.484 e. The SMILES string of the molecule is CC(C)C[C@@]1(C)NC(=O)N(Cc2cccc(OCC(F)(F)F)c2)C1=O. The average molecular weight is 358 g/mol. The second-order valence-corrected chi connectivity index (χ2v) is 6.80. The van der Waals surface area contributed by atoms with Gasteiger partial charge >= 0.3 is 12.2 Å². The van der Waals surface area contributed by atoms with Crippen LogP contribution in [-0.4, -0.2) is 35.2 Å². The molecule has 3 amide bonds. The lowest BCUT2D eigenvalue weighted by Gasteiger charge is -2.23. The second-order valence-electron chi connectivity index (χ2n) is 6.80. The molecule has 0 saturated carbocycles. The summed E-state index contributed by atoms with van der Waals surface area (Å²) in [7, 11) is 0. The van der Waals surface area contributed by atoms with Gasteiger partial charge in [0.25, 0.3) is 5.91 Å². The third-order valence-electron chi connectivity index (χ3n) is 3.80. The summed E-state index contributed by atoms with van der Waals surface area (Å²) < 4.78 is 41.4. The van der Waals surface area contributed by atoms with Crippen molar-refractivity contribution in [3.8, 4) is 5.75 Å². The molecule has 1 heterocycles. The molecule has 1 aliphatic heterocycles. The van der Waals surface area contributed by atoms with Gasteiger partial charge in [-0.1, -0.05) is 26.0 Å². The third kappa shape index (κ3) is 4.87. The second kappa shape index (κ2) is 6.93. The fourth-order valence-electron chi connectivity index (χ4n) is 2.93. The molecule has 0 aliphatic carbocycles. The molecule has 1 aromatic carbocycles. The molecular formula is C17H21F3N2O3. The van der Waals surface area contributed by atoms with E-state index < -0.39 is 24.4 Å². The summed E-state index contributed by atoms with van der Waals surface area (Å²) >= 11 is 0. The van der Waals surface area contributed by atoms with Gasteiger partial charge in [0.15, 0.2) is 6.61 Å². The van der Waals surface area contributed by atoms with Gasteiger partial charge in [0.05, 0.1) is 6.54 Å². The Morgan fingerprint density at radius 1 is 1.28 bits per heavy atom. The van der Waals surface area contributed by atoms with Crippen molar-refractivity contribution in [3.05, 3.63) is 29.8 Å². The Hall–Kier alpha value is -2.25. The molecule has 5 nitrogen and oxygen atoms in total. The summed E-state index contributed by atoms with van der Waals surface area (Å²) in [6.45, 7) is 4.16. The molecule has 25 heavy (non-hydrogen) atoms. The quantitative estimate of drug-likeness (QED) is 0.792. The number of hydrogen-bond donors (Lipinski definition) is 1. The lowest BCUT2D eigenvalue weighted by Crippen LogP contribution is -2.44. The van der Waals surface area contributed by atoms with Crippen molar-refractivity contribution in [2.45, 2.75) is 45.5 Å². The van der Waals surface area contributed by atoms with E-state index >= 15 is 0 Å². The highest BCUT2D eigenvalue weighted by atomic mass is 19.4. The van der Waals surface area contributed by atoms with Crippen LogP contribution in [-0.2, 0) is 11.3 Å². The fourth-order valence-corrected chi connectivity index (χ4v) is 2.93. The van der Waals surface area contributed by atoms with Gasteiger partial charge in [-0.15, -0.1) is 0 Å². The first-order valence-corrected chi connectivity index (χ1v) is 7.93. The Balaban J connectivity index is 2.09. The van der Waals surface area contributed by atoms with Crippen LogP contribution in [0.3, 0.4) is 0 Å². The number of halogens is 3. The topological polar surface area (TPSA) is 58.6 Å². The standard InChI is InChI=1S/C17H21F3N2O3/c1-11(2)8-16(3)14(23)22(15(24)21-16)9-12-5-4-6-13(7-12)25-10-17(18,19)20/h4-7,11H,8-10H2,1-3H3,(H,21,24)/t16-/m1/s1. The number of carbonyl (C=O) groups is 2. The Morgan fingerprint density at radius 2 is 1.96 bits per heavy atom. The van der Waals surface area contributed by atoms with Gasteiger partial charge in [-0.25, -0.2) is 4.79 Å². The number of hydrogen-bond acceptors (Lipinski definition) is 3. The van der Waals surface area contributed by atoms with E-state index in [9.17, 15) is 22.8 Å². The van der Waals surface area contributed by atoms with Gasteiger partial charge in [0.1, 0.15) is 11.3 Å². The zero-order valence-electron chi connectivity index (χ0n) is 14.3. The number of benzene rings is 1. The normalized spacial score (nSPS) is 21.0. The van der Waals surface area contributed by atoms with E-state index in [1.54, 1.807) is 13.0 Å². The van der Waals surface area contributed by atoms with Crippen LogP contribution < -0.4 is 10.1 Å². The van der Waals surface area contributed by atoms with Crippen LogP contribution in [0.2, 0.25) is 0 Å². The van der Waals surface area contributed by atoms with E-state index in [4.69, 9.17) is 4.74 Å². The maximum absolute atomic E-state index is 12.6. The van der Waals surface area contributed by atoms with Crippen molar-refractivity contribution in [2.24, 2.45) is 5.92 Å². The van der Waals surface area contributed by atoms with Crippen molar-refractivity contribution < 1.29 is 27.5 Å². The summed E-state index contributed by atoms with van der Waals surface area (Å²) in [6, 6.07) is 5.43. The molecule has 0 unspecified atom stereocenters. The van der Waals surface area contributed by atoms with Crippen molar-refractivity contribution >= 4 is 11.9 Å². The zero-order valence-corrected chi connectivity index (χ0v) is 14.3. The molecule has 1 aliphatic rings. The molecule has 1 atom stereocenters. The molecule has 0 aromatic heterocycles. The number of ether oxygens (including phenoxy) is 1. The number of rotatable bonds is 6. The monoisotopic (exact) mass is 358 g/mol. The minimum absolute atomic E-state index is 0.0262. The first-order valence-electron chi connectivity index (χ1n) is 7.93. The molecule has 1 N–H and O–H groups in total. The van der Waals surface area contributed by atoms with Gasteiger partial charge < -0.3 is 10.1 Å². The van der Waals surface area contributed by atoms with Crippen molar-refractivity contribution in [3.63, 3.8) is 0 Å². The summed E-state index contributed by atoms with van der Waals surface area (Å²) in [4.78, 5) is 25.8. The molecule has 1 fully saturated rings. The molecule has 1 saturated heterocycles. The molecule has 2 rings (SSSR count). The third-order valence-corrected chi connectivity index (χ3v) is 3.80. The molecule has 0 spiro atoms. The van der Waals surface area contributed by atoms with Crippen molar-refractivity contribution in [1.29, 1.82) is 0 Å². The van der Waals surface area contributed by atoms with E-state index in [2.05, 4.69) is 5.32 Å².